The van der Waals surface area contributed by atoms with Crippen molar-refractivity contribution in [2.45, 2.75) is 108 Å². The highest BCUT2D eigenvalue weighted by atomic mass is 16.5. The highest BCUT2D eigenvalue weighted by molar-refractivity contribution is 5.64. The molecule has 0 radical (unpaired) electrons. The van der Waals surface area contributed by atoms with Crippen molar-refractivity contribution < 1.29 is 14.2 Å². The second-order valence-corrected chi connectivity index (χ2v) is 17.0. The third-order valence-electron chi connectivity index (χ3n) is 13.2. The van der Waals surface area contributed by atoms with Crippen molar-refractivity contribution in [2.75, 3.05) is 35.2 Å². The van der Waals surface area contributed by atoms with Gasteiger partial charge in [0.25, 0.3) is 0 Å². The largest absolute Gasteiger partial charge is 0.393 e. The van der Waals surface area contributed by atoms with E-state index >= 15 is 0 Å². The van der Waals surface area contributed by atoms with Crippen molar-refractivity contribution in [3.05, 3.63) is 96.1 Å². The quantitative estimate of drug-likeness (QED) is 0.0840. The number of nitrogens with two attached hydrogens (primary N) is 2. The van der Waals surface area contributed by atoms with E-state index in [4.69, 9.17) is 30.5 Å². The van der Waals surface area contributed by atoms with Gasteiger partial charge in [-0.05, 0) is 87.5 Å². The molecule has 1 aliphatic heterocycles. The summed E-state index contributed by atoms with van der Waals surface area (Å²) in [5.74, 6) is 1.91. The Morgan fingerprint density at radius 1 is 0.617 bits per heavy atom. The minimum atomic E-state index is -0.633. The Morgan fingerprint density at radius 2 is 1.03 bits per heavy atom. The van der Waals surface area contributed by atoms with Crippen LogP contribution < -0.4 is 22.1 Å². The molecule has 6 aromatic rings. The lowest BCUT2D eigenvalue weighted by molar-refractivity contribution is 0.120. The number of anilines is 4. The number of rotatable bonds is 13. The highest BCUT2D eigenvalue weighted by Gasteiger charge is 2.44. The first-order valence-electron chi connectivity index (χ1n) is 20.9. The maximum atomic E-state index is 10.0. The van der Waals surface area contributed by atoms with E-state index in [1.165, 1.54) is 0 Å². The van der Waals surface area contributed by atoms with Gasteiger partial charge in [-0.15, -0.1) is 0 Å². The lowest BCUT2D eigenvalue weighted by atomic mass is 9.72. The van der Waals surface area contributed by atoms with Crippen LogP contribution in [0.15, 0.2) is 82.4 Å². The van der Waals surface area contributed by atoms with Gasteiger partial charge in [-0.3, -0.25) is 4.90 Å². The second-order valence-electron chi connectivity index (χ2n) is 17.0. The minimum absolute atomic E-state index is 0.000120. The fourth-order valence-corrected chi connectivity index (χ4v) is 8.62. The molecule has 3 atom stereocenters. The van der Waals surface area contributed by atoms with Crippen molar-refractivity contribution in [1.82, 2.24) is 45.1 Å². The van der Waals surface area contributed by atoms with Crippen molar-refractivity contribution >= 4 is 23.9 Å². The van der Waals surface area contributed by atoms with E-state index in [2.05, 4.69) is 129 Å². The fraction of sp³-hybridized carbons (Fsp3) is 0.455. The van der Waals surface area contributed by atoms with E-state index in [1.807, 2.05) is 0 Å². The number of hydrogen-bond donors (Lipinski definition) is 5. The Labute approximate surface area is 350 Å². The van der Waals surface area contributed by atoms with Crippen LogP contribution in [0.3, 0.4) is 0 Å². The van der Waals surface area contributed by atoms with Crippen molar-refractivity contribution in [1.29, 1.82) is 0 Å². The Balaban J connectivity index is 0.967. The summed E-state index contributed by atoms with van der Waals surface area (Å²) in [7, 11) is 0. The average molecular weight is 814 g/mol. The van der Waals surface area contributed by atoms with E-state index in [9.17, 15) is 5.11 Å². The van der Waals surface area contributed by atoms with E-state index < -0.39 is 10.8 Å². The van der Waals surface area contributed by atoms with Gasteiger partial charge < -0.3 is 36.3 Å². The summed E-state index contributed by atoms with van der Waals surface area (Å²) in [5, 5.41) is 26.1. The summed E-state index contributed by atoms with van der Waals surface area (Å²) < 4.78 is 11.7. The maximum absolute atomic E-state index is 10.0. The fourth-order valence-electron chi connectivity index (χ4n) is 8.62. The normalized spacial score (nSPS) is 20.3. The summed E-state index contributed by atoms with van der Waals surface area (Å²) in [4.78, 5) is 29.0. The molecule has 1 saturated heterocycles. The Hall–Kier alpha value is -6.00. The van der Waals surface area contributed by atoms with Crippen LogP contribution in [0.1, 0.15) is 95.9 Å². The number of nitrogen functional groups attached to an aromatic ring is 2. The van der Waals surface area contributed by atoms with Crippen molar-refractivity contribution in [3.8, 4) is 22.3 Å². The van der Waals surface area contributed by atoms with Crippen molar-refractivity contribution in [2.24, 2.45) is 5.92 Å². The smallest absolute Gasteiger partial charge is 0.321 e. The van der Waals surface area contributed by atoms with Gasteiger partial charge in [-0.25, -0.2) is 19.9 Å². The zero-order valence-corrected chi connectivity index (χ0v) is 34.9. The van der Waals surface area contributed by atoms with E-state index in [0.29, 0.717) is 23.7 Å². The number of aliphatic hydroxyl groups is 1. The molecule has 3 unspecified atom stereocenters. The monoisotopic (exact) mass is 813 g/mol. The number of likely N-dealkylation sites (tertiary alicyclic amines) is 1. The number of aliphatic hydroxyl groups excluding tert-OH is 1. The Morgan fingerprint density at radius 3 is 1.48 bits per heavy atom. The molecule has 7 N–H and O–H groups in total. The molecule has 5 heterocycles. The zero-order valence-electron chi connectivity index (χ0n) is 34.9. The van der Waals surface area contributed by atoms with Crippen LogP contribution in [-0.4, -0.2) is 87.5 Å². The Bertz CT molecular complexity index is 2320. The third-order valence-corrected chi connectivity index (χ3v) is 13.2. The Kier molecular flexibility index (Phi) is 11.5. The minimum Gasteiger partial charge on any atom is -0.393 e. The molecule has 16 nitrogen and oxygen atoms in total. The molecular weight excluding hydrogens is 759 g/mol. The molecule has 1 saturated carbocycles. The topological polar surface area (TPSA) is 229 Å². The van der Waals surface area contributed by atoms with Crippen LogP contribution in [-0.2, 0) is 10.8 Å². The van der Waals surface area contributed by atoms with Gasteiger partial charge in [0, 0.05) is 67.1 Å². The van der Waals surface area contributed by atoms with Crippen LogP contribution in [0, 0.1) is 5.92 Å². The summed E-state index contributed by atoms with van der Waals surface area (Å²) in [5.41, 5.74) is 16.2. The van der Waals surface area contributed by atoms with Crippen LogP contribution >= 0.6 is 0 Å². The van der Waals surface area contributed by atoms with E-state index in [-0.39, 0.29) is 42.0 Å². The van der Waals surface area contributed by atoms with E-state index in [0.717, 1.165) is 85.0 Å². The summed E-state index contributed by atoms with van der Waals surface area (Å²) in [6.45, 7) is 12.6. The predicted molar refractivity (Wildman–Crippen MR) is 230 cm³/mol. The number of benzene rings is 2. The van der Waals surface area contributed by atoms with Gasteiger partial charge in [-0.2, -0.15) is 9.97 Å². The van der Waals surface area contributed by atoms with Gasteiger partial charge >= 0.3 is 12.0 Å². The molecule has 16 heteroatoms. The number of nitrogens with zero attached hydrogens (tertiary/aromatic N) is 9. The molecule has 0 spiro atoms. The average Bonchev–Trinajstić information content (AvgIpc) is 3.95. The standard InChI is InChI=1S/C44H55N13O3/c1-26(2)43(4,32-10-6-28(7-11-32)30-22-47-39(45)48-23-30)37-53-42(59-55-37)52-35-18-20-57(21-19-35)27(3)44(5,33-12-8-29(9-13-33)31-24-49-40(46)50-25-31)38-54-41(60-56-38)51-34-14-16-36(58)17-15-34/h6-13,22-27,34-36,58H,14-21H2,1-5H3,(H2,45,47,48)(H2,46,49,50)(H,51,54,56)(H,52,53,55). The maximum Gasteiger partial charge on any atom is 0.321 e. The number of aromatic nitrogens is 8. The van der Waals surface area contributed by atoms with Gasteiger partial charge in [0.15, 0.2) is 11.6 Å². The zero-order chi connectivity index (χ0) is 42.0. The SMILES string of the molecule is CC(C)C(C)(c1ccc(-c2cnc(N)nc2)cc1)c1noc(NC2CCN(C(C)C(C)(c3ccc(-c4cnc(N)nc4)cc3)c3noc(NC4CCC(O)CC4)n3)CC2)n1. The number of hydrogen-bond acceptors (Lipinski definition) is 16. The molecule has 8 rings (SSSR count). The van der Waals surface area contributed by atoms with Crippen LogP contribution in [0.2, 0.25) is 0 Å². The molecule has 4 aromatic heterocycles. The van der Waals surface area contributed by atoms with Crippen LogP contribution in [0.4, 0.5) is 23.9 Å². The predicted octanol–water partition coefficient (Wildman–Crippen LogP) is 6.48. The number of piperidine rings is 1. The van der Waals surface area contributed by atoms with Crippen LogP contribution in [0.5, 0.6) is 0 Å². The van der Waals surface area contributed by atoms with Gasteiger partial charge in [0.2, 0.25) is 11.9 Å². The molecule has 2 fully saturated rings. The molecule has 2 aliphatic rings. The van der Waals surface area contributed by atoms with Crippen LogP contribution in [0.25, 0.3) is 22.3 Å². The molecule has 0 amide bonds. The number of nitrogens with one attached hydrogen (secondary N) is 2. The van der Waals surface area contributed by atoms with Gasteiger partial charge in [0.1, 0.15) is 0 Å². The lowest BCUT2D eigenvalue weighted by Crippen LogP contribution is -2.52. The molecule has 1 aliphatic carbocycles. The first kappa shape index (κ1) is 40.8. The summed E-state index contributed by atoms with van der Waals surface area (Å²) in [6, 6.07) is 17.9. The molecule has 2 aromatic carbocycles. The van der Waals surface area contributed by atoms with Crippen molar-refractivity contribution in [3.63, 3.8) is 0 Å². The molecular formula is C44H55N13O3. The highest BCUT2D eigenvalue weighted by Crippen LogP contribution is 2.41. The molecule has 314 valence electrons. The summed E-state index contributed by atoms with van der Waals surface area (Å²) >= 11 is 0. The second kappa shape index (κ2) is 16.9. The third kappa shape index (κ3) is 8.26. The van der Waals surface area contributed by atoms with E-state index in [1.54, 1.807) is 24.8 Å². The lowest BCUT2D eigenvalue weighted by Gasteiger charge is -2.44. The van der Waals surface area contributed by atoms with Gasteiger partial charge in [0.05, 0.1) is 16.9 Å². The summed E-state index contributed by atoms with van der Waals surface area (Å²) in [6.07, 6.45) is 11.6. The first-order chi connectivity index (χ1) is 28.9. The first-order valence-corrected chi connectivity index (χ1v) is 20.9. The molecule has 0 bridgehead atoms. The van der Waals surface area contributed by atoms with Gasteiger partial charge in [-0.1, -0.05) is 72.7 Å². The molecule has 60 heavy (non-hydrogen) atoms.